The molecule has 0 radical (unpaired) electrons. The quantitative estimate of drug-likeness (QED) is 0.221. The predicted octanol–water partition coefficient (Wildman–Crippen LogP) is -0.607. The fourth-order valence-corrected chi connectivity index (χ4v) is 5.79. The van der Waals surface area contributed by atoms with Crippen LogP contribution in [0.25, 0.3) is 11.2 Å². The van der Waals surface area contributed by atoms with Crippen molar-refractivity contribution in [1.29, 1.82) is 0 Å². The van der Waals surface area contributed by atoms with E-state index in [1.807, 2.05) is 0 Å². The third kappa shape index (κ3) is 5.56. The molecule has 1 fully saturated rings. The summed E-state index contributed by atoms with van der Waals surface area (Å²) in [5, 5.41) is 23.3. The van der Waals surface area contributed by atoms with E-state index in [2.05, 4.69) is 28.4 Å². The number of aliphatic hydroxyl groups is 2. The molecule has 31 heavy (non-hydrogen) atoms. The normalized spacial score (nSPS) is 28.4. The monoisotopic (exact) mass is 506 g/mol. The van der Waals surface area contributed by atoms with Gasteiger partial charge in [0.2, 0.25) is 0 Å². The fourth-order valence-electron chi connectivity index (χ4n) is 2.70. The molecule has 7 N–H and O–H groups in total. The Kier molecular flexibility index (Phi) is 6.73. The lowest BCUT2D eigenvalue weighted by atomic mass is 10.2. The molecule has 1 saturated heterocycles. The van der Waals surface area contributed by atoms with Gasteiger partial charge in [0.1, 0.15) is 17.7 Å². The molecule has 6 atom stereocenters. The van der Waals surface area contributed by atoms with Gasteiger partial charge in [0, 0.05) is 13.2 Å². The van der Waals surface area contributed by atoms with Crippen molar-refractivity contribution in [2.75, 3.05) is 12.4 Å². The molecule has 0 bridgehead atoms. The van der Waals surface area contributed by atoms with Gasteiger partial charge in [-0.3, -0.25) is 9.09 Å². The van der Waals surface area contributed by atoms with E-state index in [4.69, 9.17) is 14.5 Å². The Morgan fingerprint density at radius 2 is 1.74 bits per heavy atom. The van der Waals surface area contributed by atoms with E-state index in [0.717, 1.165) is 0 Å². The standard InChI is InChI=1S/C11H17N4O13P3/c1-12-5-2-3-13-9-6(5)14-4-15(9)10-7(16)8(17)11(25-10)26-30(21,22)28-31(23,24)27-29(18,19)20/h2-4,7-8,10-11,16-17H,1H3,(H,12,13)(H,21,22)(H,23,24)(H2,18,19,20). The van der Waals surface area contributed by atoms with Gasteiger partial charge in [-0.05, 0) is 6.07 Å². The summed E-state index contributed by atoms with van der Waals surface area (Å²) in [4.78, 5) is 44.0. The number of hydrogen-bond acceptors (Lipinski definition) is 12. The van der Waals surface area contributed by atoms with Crippen molar-refractivity contribution in [2.24, 2.45) is 0 Å². The Morgan fingerprint density at radius 3 is 2.35 bits per heavy atom. The van der Waals surface area contributed by atoms with Crippen LogP contribution in [0.5, 0.6) is 0 Å². The predicted molar refractivity (Wildman–Crippen MR) is 97.9 cm³/mol. The van der Waals surface area contributed by atoms with E-state index in [-0.39, 0.29) is 5.65 Å². The number of imidazole rings is 1. The lowest BCUT2D eigenvalue weighted by Gasteiger charge is -2.20. The van der Waals surface area contributed by atoms with E-state index in [9.17, 15) is 33.7 Å². The Labute approximate surface area is 172 Å². The summed E-state index contributed by atoms with van der Waals surface area (Å²) in [6.45, 7) is 0. The average molecular weight is 506 g/mol. The van der Waals surface area contributed by atoms with Crippen LogP contribution >= 0.6 is 23.5 Å². The summed E-state index contributed by atoms with van der Waals surface area (Å²) < 4.78 is 52.0. The third-order valence-electron chi connectivity index (χ3n) is 3.85. The number of phosphoric acid groups is 3. The number of rotatable bonds is 8. The van der Waals surface area contributed by atoms with Crippen molar-refractivity contribution < 1.29 is 61.4 Å². The maximum Gasteiger partial charge on any atom is 0.490 e. The molecule has 20 heteroatoms. The number of anilines is 1. The molecule has 2 aromatic heterocycles. The number of aliphatic hydroxyl groups excluding tert-OH is 2. The first-order valence-electron chi connectivity index (χ1n) is 8.06. The highest BCUT2D eigenvalue weighted by molar-refractivity contribution is 7.66. The van der Waals surface area contributed by atoms with Crippen molar-refractivity contribution in [2.45, 2.75) is 24.7 Å². The zero-order valence-electron chi connectivity index (χ0n) is 15.3. The molecule has 1 aliphatic rings. The summed E-state index contributed by atoms with van der Waals surface area (Å²) in [6.07, 6.45) is -4.55. The summed E-state index contributed by atoms with van der Waals surface area (Å²) in [5.41, 5.74) is 1.18. The van der Waals surface area contributed by atoms with Crippen LogP contribution in [-0.2, 0) is 31.6 Å². The van der Waals surface area contributed by atoms with E-state index in [1.54, 1.807) is 13.1 Å². The highest BCUT2D eigenvalue weighted by Crippen LogP contribution is 2.67. The molecule has 6 unspecified atom stereocenters. The van der Waals surface area contributed by atoms with Crippen molar-refractivity contribution in [3.63, 3.8) is 0 Å². The zero-order chi connectivity index (χ0) is 23.2. The molecule has 3 heterocycles. The maximum absolute atomic E-state index is 11.9. The van der Waals surface area contributed by atoms with E-state index in [0.29, 0.717) is 11.2 Å². The number of hydrogen-bond donors (Lipinski definition) is 7. The van der Waals surface area contributed by atoms with Crippen molar-refractivity contribution in [3.05, 3.63) is 18.6 Å². The smallest absolute Gasteiger partial charge is 0.386 e. The summed E-state index contributed by atoms with van der Waals surface area (Å²) in [6, 6.07) is 1.62. The Bertz CT molecular complexity index is 1100. The lowest BCUT2D eigenvalue weighted by Crippen LogP contribution is -2.32. The first-order valence-corrected chi connectivity index (χ1v) is 12.6. The van der Waals surface area contributed by atoms with Crippen molar-refractivity contribution in [1.82, 2.24) is 14.5 Å². The SMILES string of the molecule is CNc1ccnc2c1ncn2C1OC(OP(=O)(O)OP(=O)(O)OP(=O)(O)O)C(O)C1O. The first-order chi connectivity index (χ1) is 14.2. The van der Waals surface area contributed by atoms with Gasteiger partial charge >= 0.3 is 23.5 Å². The maximum atomic E-state index is 11.9. The molecule has 2 aromatic rings. The van der Waals surface area contributed by atoms with Crippen LogP contribution in [0.2, 0.25) is 0 Å². The van der Waals surface area contributed by atoms with Crippen LogP contribution < -0.4 is 5.32 Å². The van der Waals surface area contributed by atoms with E-state index < -0.39 is 48.2 Å². The number of pyridine rings is 1. The molecule has 17 nitrogen and oxygen atoms in total. The minimum Gasteiger partial charge on any atom is -0.386 e. The minimum atomic E-state index is -5.77. The van der Waals surface area contributed by atoms with Crippen LogP contribution in [0, 0.1) is 0 Å². The second kappa shape index (κ2) is 8.57. The largest absolute Gasteiger partial charge is 0.490 e. The number of phosphoric ester groups is 1. The van der Waals surface area contributed by atoms with Crippen LogP contribution in [-0.4, -0.2) is 69.9 Å². The van der Waals surface area contributed by atoms with Gasteiger partial charge in [-0.25, -0.2) is 23.7 Å². The molecular weight excluding hydrogens is 489 g/mol. The fraction of sp³-hybridized carbons (Fsp3) is 0.455. The third-order valence-corrected chi connectivity index (χ3v) is 7.65. The van der Waals surface area contributed by atoms with Gasteiger partial charge in [-0.2, -0.15) is 8.62 Å². The molecule has 0 aliphatic carbocycles. The van der Waals surface area contributed by atoms with Crippen LogP contribution in [0.4, 0.5) is 5.69 Å². The molecule has 0 saturated carbocycles. The Balaban J connectivity index is 1.79. The van der Waals surface area contributed by atoms with Gasteiger partial charge in [-0.15, -0.1) is 0 Å². The number of aromatic nitrogens is 3. The minimum absolute atomic E-state index is 0.210. The molecule has 0 amide bonds. The zero-order valence-corrected chi connectivity index (χ0v) is 17.9. The first kappa shape index (κ1) is 24.4. The highest BCUT2D eigenvalue weighted by Gasteiger charge is 2.50. The van der Waals surface area contributed by atoms with Crippen molar-refractivity contribution in [3.8, 4) is 0 Å². The molecule has 0 aromatic carbocycles. The van der Waals surface area contributed by atoms with E-state index in [1.165, 1.54) is 17.1 Å². The van der Waals surface area contributed by atoms with E-state index >= 15 is 0 Å². The average Bonchev–Trinajstić information content (AvgIpc) is 3.14. The number of ether oxygens (including phenoxy) is 1. The van der Waals surface area contributed by atoms with Crippen molar-refractivity contribution >= 4 is 40.3 Å². The summed E-state index contributed by atoms with van der Waals surface area (Å²) in [5.74, 6) is 0. The van der Waals surface area contributed by atoms with Crippen LogP contribution in [0.1, 0.15) is 6.23 Å². The Morgan fingerprint density at radius 1 is 1.06 bits per heavy atom. The van der Waals surface area contributed by atoms with Gasteiger partial charge < -0.3 is 39.8 Å². The number of nitrogens with zero attached hydrogens (tertiary/aromatic N) is 3. The second-order valence-corrected chi connectivity index (χ2v) is 10.4. The highest BCUT2D eigenvalue weighted by atomic mass is 31.3. The molecule has 3 rings (SSSR count). The van der Waals surface area contributed by atoms with Gasteiger partial charge in [-0.1, -0.05) is 0 Å². The van der Waals surface area contributed by atoms with Gasteiger partial charge in [0.25, 0.3) is 0 Å². The molecule has 1 aliphatic heterocycles. The summed E-state index contributed by atoms with van der Waals surface area (Å²) in [7, 11) is -15.3. The second-order valence-electron chi connectivity index (χ2n) is 6.01. The molecular formula is C11H17N4O13P3. The lowest BCUT2D eigenvalue weighted by molar-refractivity contribution is -0.133. The van der Waals surface area contributed by atoms with Crippen LogP contribution in [0.3, 0.4) is 0 Å². The van der Waals surface area contributed by atoms with Crippen LogP contribution in [0.15, 0.2) is 18.6 Å². The Hall–Kier alpha value is -1.29. The van der Waals surface area contributed by atoms with Gasteiger partial charge in [0.15, 0.2) is 18.2 Å². The topological polar surface area (TPSA) is 252 Å². The summed E-state index contributed by atoms with van der Waals surface area (Å²) >= 11 is 0. The molecule has 0 spiro atoms. The number of nitrogens with one attached hydrogen (secondary N) is 1. The number of fused-ring (bicyclic) bond motifs is 1. The van der Waals surface area contributed by atoms with Gasteiger partial charge in [0.05, 0.1) is 12.0 Å². The molecule has 174 valence electrons.